The van der Waals surface area contributed by atoms with E-state index in [4.69, 9.17) is 0 Å². The molecule has 0 bridgehead atoms. The van der Waals surface area contributed by atoms with E-state index >= 15 is 0 Å². The highest BCUT2D eigenvalue weighted by molar-refractivity contribution is 5.17. The van der Waals surface area contributed by atoms with Crippen LogP contribution in [0.2, 0.25) is 0 Å². The van der Waals surface area contributed by atoms with E-state index < -0.39 is 0 Å². The van der Waals surface area contributed by atoms with Gasteiger partial charge in [0, 0.05) is 0 Å². The second-order valence-electron chi connectivity index (χ2n) is 4.62. The molecule has 0 aliphatic heterocycles. The first-order valence-electron chi connectivity index (χ1n) is 6.89. The van der Waals surface area contributed by atoms with E-state index in [-0.39, 0.29) is 5.48 Å². The molecule has 1 aromatic carbocycles. The van der Waals surface area contributed by atoms with Gasteiger partial charge in [0.25, 0.3) is 0 Å². The maximum absolute atomic E-state index is 2.34. The molecule has 0 radical (unpaired) electrons. The van der Waals surface area contributed by atoms with E-state index in [1.807, 2.05) is 0 Å². The average Bonchev–Trinajstić information content (AvgIpc) is 2.36. The Hall–Kier alpha value is -1.12. The lowest BCUT2D eigenvalue weighted by Gasteiger charge is -2.15. The van der Waals surface area contributed by atoms with Crippen molar-refractivity contribution in [2.45, 2.75) is 33.1 Å². The van der Waals surface area contributed by atoms with Crippen molar-refractivity contribution in [3.05, 3.63) is 48.0 Å². The molecule has 0 saturated heterocycles. The maximum atomic E-state index is 2.34. The van der Waals surface area contributed by atoms with Crippen LogP contribution in [0.15, 0.2) is 42.5 Å². The molecule has 2 N–H and O–H groups in total. The topological polar surface area (TPSA) is 34.4 Å². The molecule has 0 aliphatic rings. The fraction of sp³-hybridized carbons (Fsp3) is 0.500. The maximum Gasteiger partial charge on any atom is 0.0958 e. The predicted octanol–water partition coefficient (Wildman–Crippen LogP) is 2.31. The minimum atomic E-state index is 0. The molecular weight excluding hydrogens is 222 g/mol. The van der Waals surface area contributed by atoms with Crippen LogP contribution in [0.5, 0.6) is 0 Å². The van der Waals surface area contributed by atoms with Gasteiger partial charge < -0.3 is 10.4 Å². The molecule has 0 saturated carbocycles. The summed E-state index contributed by atoms with van der Waals surface area (Å²) in [5.41, 5.74) is 1.40. The molecule has 0 spiro atoms. The van der Waals surface area contributed by atoms with Crippen LogP contribution in [0, 0.1) is 0 Å². The number of nitrogens with one attached hydrogen (secondary N) is 1. The molecule has 2 nitrogen and oxygen atoms in total. The molecule has 102 valence electrons. The summed E-state index contributed by atoms with van der Waals surface area (Å²) in [4.78, 5) is 1.71. The van der Waals surface area contributed by atoms with Gasteiger partial charge in [0.1, 0.15) is 0 Å². The van der Waals surface area contributed by atoms with Crippen LogP contribution in [-0.4, -0.2) is 25.1 Å². The second-order valence-corrected chi connectivity index (χ2v) is 4.62. The Morgan fingerprint density at radius 1 is 0.944 bits per heavy atom. The number of hydrogen-bond donors (Lipinski definition) is 1. The Balaban J connectivity index is 0.00000289. The zero-order valence-corrected chi connectivity index (χ0v) is 11.7. The third-order valence-electron chi connectivity index (χ3n) is 2.98. The molecular formula is C16H27NO. The highest BCUT2D eigenvalue weighted by atomic mass is 16.0. The van der Waals surface area contributed by atoms with Gasteiger partial charge >= 0.3 is 0 Å². The first-order chi connectivity index (χ1) is 8.36. The summed E-state index contributed by atoms with van der Waals surface area (Å²) in [5, 5.41) is 0. The molecule has 0 heterocycles. The van der Waals surface area contributed by atoms with E-state index in [1.165, 1.54) is 38.0 Å². The predicted molar refractivity (Wildman–Crippen MR) is 77.4 cm³/mol. The van der Waals surface area contributed by atoms with Crippen molar-refractivity contribution >= 4 is 0 Å². The minimum Gasteiger partial charge on any atom is -0.870 e. The number of allylic oxidation sites excluding steroid dienone is 1. The van der Waals surface area contributed by atoms with E-state index in [0.717, 1.165) is 6.42 Å². The Bertz CT molecular complexity index is 302. The lowest BCUT2D eigenvalue weighted by Crippen LogP contribution is -3.11. The van der Waals surface area contributed by atoms with Crippen LogP contribution in [0.3, 0.4) is 0 Å². The Morgan fingerprint density at radius 3 is 2.11 bits per heavy atom. The van der Waals surface area contributed by atoms with Crippen molar-refractivity contribution in [1.29, 1.82) is 0 Å². The van der Waals surface area contributed by atoms with Crippen LogP contribution in [0.25, 0.3) is 0 Å². The summed E-state index contributed by atoms with van der Waals surface area (Å²) in [6, 6.07) is 10.7. The van der Waals surface area contributed by atoms with Gasteiger partial charge in [-0.2, -0.15) is 0 Å². The molecule has 0 atom stereocenters. The number of hydrogen-bond acceptors (Lipinski definition) is 1. The summed E-state index contributed by atoms with van der Waals surface area (Å²) in [6.07, 6.45) is 8.27. The van der Waals surface area contributed by atoms with Crippen molar-refractivity contribution in [3.63, 3.8) is 0 Å². The van der Waals surface area contributed by atoms with Crippen molar-refractivity contribution in [1.82, 2.24) is 0 Å². The lowest BCUT2D eigenvalue weighted by atomic mass is 10.1. The Morgan fingerprint density at radius 2 is 1.56 bits per heavy atom. The van der Waals surface area contributed by atoms with Gasteiger partial charge in [-0.15, -0.1) is 0 Å². The van der Waals surface area contributed by atoms with Gasteiger partial charge in [-0.05, 0) is 30.9 Å². The number of benzene rings is 1. The minimum absolute atomic E-state index is 0. The third kappa shape index (κ3) is 7.25. The van der Waals surface area contributed by atoms with Crippen molar-refractivity contribution in [3.8, 4) is 0 Å². The first kappa shape index (κ1) is 16.9. The molecule has 0 aromatic heterocycles. The molecule has 0 unspecified atom stereocenters. The molecule has 0 fully saturated rings. The lowest BCUT2D eigenvalue weighted by molar-refractivity contribution is -0.894. The highest BCUT2D eigenvalue weighted by Gasteiger charge is 2.01. The second kappa shape index (κ2) is 11.0. The molecule has 1 aromatic rings. The van der Waals surface area contributed by atoms with E-state index in [0.29, 0.717) is 0 Å². The van der Waals surface area contributed by atoms with Crippen molar-refractivity contribution in [2.75, 3.05) is 19.6 Å². The summed E-state index contributed by atoms with van der Waals surface area (Å²) in [6.45, 7) is 8.30. The zero-order chi connectivity index (χ0) is 12.3. The van der Waals surface area contributed by atoms with Crippen LogP contribution >= 0.6 is 0 Å². The number of quaternary nitrogens is 1. The van der Waals surface area contributed by atoms with Crippen molar-refractivity contribution < 1.29 is 10.4 Å². The van der Waals surface area contributed by atoms with Crippen LogP contribution in [-0.2, 0) is 6.42 Å². The van der Waals surface area contributed by atoms with Crippen molar-refractivity contribution in [2.24, 2.45) is 0 Å². The van der Waals surface area contributed by atoms with Crippen LogP contribution in [0.4, 0.5) is 0 Å². The number of rotatable bonds is 8. The third-order valence-corrected chi connectivity index (χ3v) is 2.98. The van der Waals surface area contributed by atoms with E-state index in [2.05, 4.69) is 56.3 Å². The molecule has 1 rings (SSSR count). The SMILES string of the molecule is CCC[NH+](CC=CCc1ccccc1)CCC.[OH-]. The fourth-order valence-electron chi connectivity index (χ4n) is 2.12. The van der Waals surface area contributed by atoms with Gasteiger partial charge in [0.15, 0.2) is 0 Å². The zero-order valence-electron chi connectivity index (χ0n) is 11.7. The van der Waals surface area contributed by atoms with Gasteiger partial charge in [-0.25, -0.2) is 0 Å². The summed E-state index contributed by atoms with van der Waals surface area (Å²) in [5.74, 6) is 0. The summed E-state index contributed by atoms with van der Waals surface area (Å²) < 4.78 is 0. The standard InChI is InChI=1S/C16H25N.H2O/c1-3-13-17(14-4-2)15-9-8-12-16-10-6-5-7-11-16;/h5-11H,3-4,12-15H2,1-2H3;1H2. The van der Waals surface area contributed by atoms with Gasteiger partial charge in [-0.3, -0.25) is 0 Å². The quantitative estimate of drug-likeness (QED) is 0.705. The monoisotopic (exact) mass is 249 g/mol. The van der Waals surface area contributed by atoms with E-state index in [9.17, 15) is 0 Å². The molecule has 0 aliphatic carbocycles. The first-order valence-corrected chi connectivity index (χ1v) is 6.89. The average molecular weight is 249 g/mol. The molecule has 2 heteroatoms. The van der Waals surface area contributed by atoms with Crippen LogP contribution < -0.4 is 4.90 Å². The van der Waals surface area contributed by atoms with Gasteiger partial charge in [0.05, 0.1) is 19.6 Å². The Labute approximate surface area is 112 Å². The van der Waals surface area contributed by atoms with E-state index in [1.54, 1.807) is 4.90 Å². The fourth-order valence-corrected chi connectivity index (χ4v) is 2.12. The normalized spacial score (nSPS) is 10.8. The Kier molecular flexibility index (Phi) is 10.3. The highest BCUT2D eigenvalue weighted by Crippen LogP contribution is 1.99. The molecule has 0 amide bonds. The largest absolute Gasteiger partial charge is 0.870 e. The van der Waals surface area contributed by atoms with Gasteiger partial charge in [0.2, 0.25) is 0 Å². The smallest absolute Gasteiger partial charge is 0.0958 e. The van der Waals surface area contributed by atoms with Crippen LogP contribution in [0.1, 0.15) is 32.3 Å². The van der Waals surface area contributed by atoms with Gasteiger partial charge in [-0.1, -0.05) is 50.3 Å². The summed E-state index contributed by atoms with van der Waals surface area (Å²) >= 11 is 0. The summed E-state index contributed by atoms with van der Waals surface area (Å²) in [7, 11) is 0. The molecule has 18 heavy (non-hydrogen) atoms.